The van der Waals surface area contributed by atoms with Crippen LogP contribution in [0.15, 0.2) is 0 Å². The summed E-state index contributed by atoms with van der Waals surface area (Å²) in [6.45, 7) is 2.05. The largest absolute Gasteiger partial charge is 0.299 e. The number of amides is 2. The normalized spacial score (nSPS) is 29.2. The van der Waals surface area contributed by atoms with Gasteiger partial charge in [0.1, 0.15) is 11.6 Å². The molecule has 0 aromatic heterocycles. The van der Waals surface area contributed by atoms with Gasteiger partial charge in [0, 0.05) is 25.7 Å². The number of carbonyl (C=O) groups excluding carboxylic acids is 4. The first-order valence-corrected chi connectivity index (χ1v) is 6.83. The zero-order chi connectivity index (χ0) is 14.0. The molecule has 2 aliphatic rings. The van der Waals surface area contributed by atoms with Crippen LogP contribution < -0.4 is 5.32 Å². The van der Waals surface area contributed by atoms with E-state index >= 15 is 0 Å². The second-order valence-electron chi connectivity index (χ2n) is 5.81. The monoisotopic (exact) mass is 265 g/mol. The Morgan fingerprint density at radius 3 is 2.47 bits per heavy atom. The van der Waals surface area contributed by atoms with Crippen LogP contribution in [-0.2, 0) is 19.2 Å². The van der Waals surface area contributed by atoms with Gasteiger partial charge in [-0.1, -0.05) is 6.92 Å². The van der Waals surface area contributed by atoms with Crippen LogP contribution >= 0.6 is 0 Å². The number of hydrogen-bond acceptors (Lipinski definition) is 4. The minimum Gasteiger partial charge on any atom is -0.299 e. The van der Waals surface area contributed by atoms with Gasteiger partial charge in [-0.15, -0.1) is 0 Å². The Morgan fingerprint density at radius 1 is 1.21 bits per heavy atom. The number of ketones is 2. The van der Waals surface area contributed by atoms with Gasteiger partial charge in [-0.3, -0.25) is 24.5 Å². The van der Waals surface area contributed by atoms with Crippen molar-refractivity contribution in [3.8, 4) is 0 Å². The maximum Gasteiger partial charge on any atom is 0.226 e. The molecule has 1 unspecified atom stereocenters. The van der Waals surface area contributed by atoms with Crippen LogP contribution in [0.25, 0.3) is 0 Å². The van der Waals surface area contributed by atoms with Gasteiger partial charge in [0.25, 0.3) is 0 Å². The molecule has 104 valence electrons. The summed E-state index contributed by atoms with van der Waals surface area (Å²) in [5, 5.41) is 2.22. The molecule has 19 heavy (non-hydrogen) atoms. The van der Waals surface area contributed by atoms with E-state index in [0.29, 0.717) is 18.8 Å². The lowest BCUT2D eigenvalue weighted by atomic mass is 9.76. The standard InChI is InChI=1S/C14H19NO4/c1-8-2-3-11(16)10(4-8)12(17)5-9-6-13(18)15-14(19)7-9/h8-10H,2-7H2,1H3,(H,15,18,19)/t8-,10?/m0/s1. The van der Waals surface area contributed by atoms with Gasteiger partial charge >= 0.3 is 0 Å². The van der Waals surface area contributed by atoms with Crippen LogP contribution in [0, 0.1) is 17.8 Å². The highest BCUT2D eigenvalue weighted by Crippen LogP contribution is 2.29. The van der Waals surface area contributed by atoms with E-state index in [0.717, 1.165) is 6.42 Å². The zero-order valence-electron chi connectivity index (χ0n) is 11.1. The van der Waals surface area contributed by atoms with Crippen molar-refractivity contribution in [2.45, 2.75) is 45.4 Å². The van der Waals surface area contributed by atoms with Crippen LogP contribution in [0.2, 0.25) is 0 Å². The zero-order valence-corrected chi connectivity index (χ0v) is 11.1. The molecule has 2 rings (SSSR count). The number of rotatable bonds is 3. The molecule has 0 radical (unpaired) electrons. The third kappa shape index (κ3) is 3.49. The summed E-state index contributed by atoms with van der Waals surface area (Å²) in [5.74, 6) is -1.07. The molecule has 0 bridgehead atoms. The lowest BCUT2D eigenvalue weighted by Gasteiger charge is -2.26. The number of imide groups is 1. The van der Waals surface area contributed by atoms with E-state index in [1.54, 1.807) is 0 Å². The van der Waals surface area contributed by atoms with E-state index in [2.05, 4.69) is 5.32 Å². The van der Waals surface area contributed by atoms with E-state index in [1.165, 1.54) is 0 Å². The van der Waals surface area contributed by atoms with Crippen molar-refractivity contribution in [3.05, 3.63) is 0 Å². The first-order chi connectivity index (χ1) is 8.95. The average molecular weight is 265 g/mol. The molecular weight excluding hydrogens is 246 g/mol. The summed E-state index contributed by atoms with van der Waals surface area (Å²) in [5.41, 5.74) is 0. The smallest absolute Gasteiger partial charge is 0.226 e. The molecule has 5 heteroatoms. The molecule has 1 N–H and O–H groups in total. The Labute approximate surface area is 112 Å². The predicted molar refractivity (Wildman–Crippen MR) is 67.0 cm³/mol. The lowest BCUT2D eigenvalue weighted by molar-refractivity contribution is -0.137. The Balaban J connectivity index is 1.94. The summed E-state index contributed by atoms with van der Waals surface area (Å²) >= 11 is 0. The maximum atomic E-state index is 12.2. The minimum atomic E-state index is -0.510. The summed E-state index contributed by atoms with van der Waals surface area (Å²) in [6, 6.07) is 0. The maximum absolute atomic E-state index is 12.2. The van der Waals surface area contributed by atoms with E-state index in [1.807, 2.05) is 6.92 Å². The number of hydrogen-bond donors (Lipinski definition) is 1. The Morgan fingerprint density at radius 2 is 1.84 bits per heavy atom. The van der Waals surface area contributed by atoms with Crippen molar-refractivity contribution in [1.29, 1.82) is 0 Å². The Kier molecular flexibility index (Phi) is 4.12. The van der Waals surface area contributed by atoms with Gasteiger partial charge in [-0.25, -0.2) is 0 Å². The molecule has 2 atom stereocenters. The van der Waals surface area contributed by atoms with Crippen molar-refractivity contribution in [2.75, 3.05) is 0 Å². The van der Waals surface area contributed by atoms with Crippen molar-refractivity contribution >= 4 is 23.4 Å². The number of piperidine rings is 1. The lowest BCUT2D eigenvalue weighted by Crippen LogP contribution is -2.40. The first kappa shape index (κ1) is 13.9. The van der Waals surface area contributed by atoms with E-state index in [9.17, 15) is 19.2 Å². The van der Waals surface area contributed by atoms with Crippen LogP contribution in [0.5, 0.6) is 0 Å². The third-order valence-electron chi connectivity index (χ3n) is 4.02. The molecule has 5 nitrogen and oxygen atoms in total. The molecule has 1 aliphatic heterocycles. The van der Waals surface area contributed by atoms with Crippen molar-refractivity contribution < 1.29 is 19.2 Å². The second-order valence-corrected chi connectivity index (χ2v) is 5.81. The molecule has 0 spiro atoms. The Bertz CT molecular complexity index is 413. The van der Waals surface area contributed by atoms with Crippen LogP contribution in [0.4, 0.5) is 0 Å². The number of nitrogens with one attached hydrogen (secondary N) is 1. The van der Waals surface area contributed by atoms with Gasteiger partial charge in [0.15, 0.2) is 0 Å². The SMILES string of the molecule is C[C@H]1CCC(=O)C(C(=O)CC2CC(=O)NC(=O)C2)C1. The fraction of sp³-hybridized carbons (Fsp3) is 0.714. The van der Waals surface area contributed by atoms with E-state index in [4.69, 9.17) is 0 Å². The third-order valence-corrected chi connectivity index (χ3v) is 4.02. The van der Waals surface area contributed by atoms with Gasteiger partial charge in [0.2, 0.25) is 11.8 Å². The molecule has 2 fully saturated rings. The van der Waals surface area contributed by atoms with Crippen molar-refractivity contribution in [3.63, 3.8) is 0 Å². The molecule has 1 aliphatic carbocycles. The molecule has 1 heterocycles. The fourth-order valence-electron chi connectivity index (χ4n) is 2.95. The molecule has 1 saturated carbocycles. The summed E-state index contributed by atoms with van der Waals surface area (Å²) < 4.78 is 0. The van der Waals surface area contributed by atoms with Crippen molar-refractivity contribution in [1.82, 2.24) is 5.32 Å². The Hall–Kier alpha value is -1.52. The first-order valence-electron chi connectivity index (χ1n) is 6.83. The topological polar surface area (TPSA) is 80.3 Å². The minimum absolute atomic E-state index is 0.0229. The second kappa shape index (κ2) is 5.63. The number of carbonyl (C=O) groups is 4. The number of Topliss-reactive ketones (excluding diaryl/α,β-unsaturated/α-hetero) is 2. The molecule has 1 saturated heterocycles. The summed E-state index contributed by atoms with van der Waals surface area (Å²) in [7, 11) is 0. The molecule has 0 aromatic rings. The molecule has 0 aromatic carbocycles. The summed E-state index contributed by atoms with van der Waals surface area (Å²) in [6.07, 6.45) is 2.52. The highest BCUT2D eigenvalue weighted by molar-refractivity contribution is 6.04. The average Bonchev–Trinajstić information content (AvgIpc) is 2.30. The van der Waals surface area contributed by atoms with Crippen LogP contribution in [0.1, 0.15) is 45.4 Å². The quantitative estimate of drug-likeness (QED) is 0.610. The highest BCUT2D eigenvalue weighted by Gasteiger charge is 2.34. The predicted octanol–water partition coefficient (Wildman–Crippen LogP) is 1.00. The molecule has 2 amide bonds. The van der Waals surface area contributed by atoms with Gasteiger partial charge < -0.3 is 0 Å². The highest BCUT2D eigenvalue weighted by atomic mass is 16.2. The van der Waals surface area contributed by atoms with Crippen LogP contribution in [0.3, 0.4) is 0 Å². The fourth-order valence-corrected chi connectivity index (χ4v) is 2.95. The van der Waals surface area contributed by atoms with Crippen molar-refractivity contribution in [2.24, 2.45) is 17.8 Å². The summed E-state index contributed by atoms with van der Waals surface area (Å²) in [4.78, 5) is 46.5. The van der Waals surface area contributed by atoms with Gasteiger partial charge in [-0.2, -0.15) is 0 Å². The van der Waals surface area contributed by atoms with Gasteiger partial charge in [-0.05, 0) is 24.7 Å². The van der Waals surface area contributed by atoms with Gasteiger partial charge in [0.05, 0.1) is 5.92 Å². The van der Waals surface area contributed by atoms with Crippen LogP contribution in [-0.4, -0.2) is 23.4 Å². The van der Waals surface area contributed by atoms with E-state index < -0.39 is 5.92 Å². The van der Waals surface area contributed by atoms with E-state index in [-0.39, 0.29) is 48.6 Å². The molecular formula is C14H19NO4.